The summed E-state index contributed by atoms with van der Waals surface area (Å²) in [5, 5.41) is 9.54. The van der Waals surface area contributed by atoms with Gasteiger partial charge in [0.05, 0.1) is 17.3 Å². The molecule has 0 radical (unpaired) electrons. The molecule has 1 saturated heterocycles. The molecular weight excluding hydrogens is 360 g/mol. The van der Waals surface area contributed by atoms with Crippen LogP contribution in [0.4, 0.5) is 0 Å². The van der Waals surface area contributed by atoms with Crippen molar-refractivity contribution >= 4 is 0 Å². The summed E-state index contributed by atoms with van der Waals surface area (Å²) in [5.41, 5.74) is 3.40. The van der Waals surface area contributed by atoms with Crippen LogP contribution in [0.15, 0.2) is 65.7 Å². The molecule has 4 rings (SSSR count). The zero-order valence-electron chi connectivity index (χ0n) is 16.6. The van der Waals surface area contributed by atoms with Crippen LogP contribution < -0.4 is 5.56 Å². The predicted octanol–water partition coefficient (Wildman–Crippen LogP) is 3.79. The van der Waals surface area contributed by atoms with Crippen molar-refractivity contribution in [2.45, 2.75) is 19.4 Å². The minimum Gasteiger partial charge on any atom is -0.314 e. The lowest BCUT2D eigenvalue weighted by atomic mass is 9.96. The second-order valence-corrected chi connectivity index (χ2v) is 7.72. The molecule has 0 bridgehead atoms. The number of hydrogen-bond acceptors (Lipinski definition) is 4. The van der Waals surface area contributed by atoms with Crippen LogP contribution in [0.1, 0.15) is 18.4 Å². The first-order valence-electron chi connectivity index (χ1n) is 9.99. The number of aromatic nitrogens is 2. The summed E-state index contributed by atoms with van der Waals surface area (Å²) in [4.78, 5) is 20.2. The first-order chi connectivity index (χ1) is 14.2. The third-order valence-corrected chi connectivity index (χ3v) is 5.68. The average molecular weight is 384 g/mol. The van der Waals surface area contributed by atoms with E-state index in [9.17, 15) is 10.1 Å². The Hall–Kier alpha value is -3.23. The van der Waals surface area contributed by atoms with E-state index >= 15 is 0 Å². The highest BCUT2D eigenvalue weighted by Gasteiger charge is 2.20. The molecule has 0 aliphatic carbocycles. The van der Waals surface area contributed by atoms with Crippen molar-refractivity contribution in [2.75, 3.05) is 20.1 Å². The van der Waals surface area contributed by atoms with Crippen LogP contribution in [0, 0.1) is 17.2 Å². The summed E-state index contributed by atoms with van der Waals surface area (Å²) in [5.74, 6) is 0.474. The maximum atomic E-state index is 13.4. The smallest absolute Gasteiger partial charge is 0.258 e. The Labute approximate surface area is 170 Å². The Kier molecular flexibility index (Phi) is 5.55. The van der Waals surface area contributed by atoms with E-state index in [1.807, 2.05) is 53.2 Å². The summed E-state index contributed by atoms with van der Waals surface area (Å²) in [7, 11) is 2.14. The molecule has 0 N–H and O–H groups in total. The highest BCUT2D eigenvalue weighted by Crippen LogP contribution is 2.26. The SMILES string of the molecule is CN1CCC(Cn2cc(-c3ccccn3)cc(-c3ccccc3C#N)c2=O)CC1. The van der Waals surface area contributed by atoms with Crippen molar-refractivity contribution in [3.63, 3.8) is 0 Å². The maximum Gasteiger partial charge on any atom is 0.258 e. The van der Waals surface area contributed by atoms with E-state index in [-0.39, 0.29) is 5.56 Å². The van der Waals surface area contributed by atoms with Gasteiger partial charge in [-0.25, -0.2) is 0 Å². The number of benzene rings is 1. The third kappa shape index (κ3) is 4.13. The van der Waals surface area contributed by atoms with Crippen molar-refractivity contribution in [1.29, 1.82) is 5.26 Å². The summed E-state index contributed by atoms with van der Waals surface area (Å²) >= 11 is 0. The molecular formula is C24H24N4O. The minimum atomic E-state index is -0.0497. The molecule has 5 heteroatoms. The van der Waals surface area contributed by atoms with Crippen LogP contribution in [0.3, 0.4) is 0 Å². The Morgan fingerprint density at radius 3 is 2.59 bits per heavy atom. The van der Waals surface area contributed by atoms with Gasteiger partial charge in [-0.3, -0.25) is 9.78 Å². The van der Waals surface area contributed by atoms with Crippen molar-refractivity contribution in [3.05, 3.63) is 76.8 Å². The van der Waals surface area contributed by atoms with Crippen LogP contribution >= 0.6 is 0 Å². The van der Waals surface area contributed by atoms with E-state index in [1.54, 1.807) is 12.3 Å². The van der Waals surface area contributed by atoms with Gasteiger partial charge in [0.15, 0.2) is 0 Å². The fraction of sp³-hybridized carbons (Fsp3) is 0.292. The number of hydrogen-bond donors (Lipinski definition) is 0. The van der Waals surface area contributed by atoms with E-state index in [2.05, 4.69) is 23.0 Å². The molecule has 0 saturated carbocycles. The van der Waals surface area contributed by atoms with Crippen LogP contribution in [-0.4, -0.2) is 34.6 Å². The average Bonchev–Trinajstić information content (AvgIpc) is 2.77. The van der Waals surface area contributed by atoms with Gasteiger partial charge >= 0.3 is 0 Å². The molecule has 29 heavy (non-hydrogen) atoms. The molecule has 3 heterocycles. The first kappa shape index (κ1) is 19.1. The molecule has 0 amide bonds. The normalized spacial score (nSPS) is 15.2. The van der Waals surface area contributed by atoms with Gasteiger partial charge in [-0.15, -0.1) is 0 Å². The number of nitriles is 1. The third-order valence-electron chi connectivity index (χ3n) is 5.68. The molecule has 0 spiro atoms. The topological polar surface area (TPSA) is 61.9 Å². The number of piperidine rings is 1. The Balaban J connectivity index is 1.82. The van der Waals surface area contributed by atoms with E-state index in [1.165, 1.54) is 0 Å². The van der Waals surface area contributed by atoms with E-state index in [0.717, 1.165) is 37.2 Å². The largest absolute Gasteiger partial charge is 0.314 e. The molecule has 3 aromatic rings. The molecule has 1 fully saturated rings. The molecule has 0 atom stereocenters. The highest BCUT2D eigenvalue weighted by molar-refractivity contribution is 5.74. The summed E-state index contributed by atoms with van der Waals surface area (Å²) < 4.78 is 1.82. The molecule has 2 aromatic heterocycles. The zero-order chi connectivity index (χ0) is 20.2. The fourth-order valence-electron chi connectivity index (χ4n) is 3.98. The Bertz CT molecular complexity index is 1090. The van der Waals surface area contributed by atoms with Gasteiger partial charge in [0.2, 0.25) is 0 Å². The monoisotopic (exact) mass is 384 g/mol. The molecule has 146 valence electrons. The van der Waals surface area contributed by atoms with Crippen molar-refractivity contribution in [3.8, 4) is 28.5 Å². The molecule has 1 aliphatic heterocycles. The van der Waals surface area contributed by atoms with E-state index in [0.29, 0.717) is 29.2 Å². The molecule has 5 nitrogen and oxygen atoms in total. The van der Waals surface area contributed by atoms with Gasteiger partial charge in [0.25, 0.3) is 5.56 Å². The van der Waals surface area contributed by atoms with Crippen LogP contribution in [0.2, 0.25) is 0 Å². The highest BCUT2D eigenvalue weighted by atomic mass is 16.1. The second-order valence-electron chi connectivity index (χ2n) is 7.72. The number of nitrogens with zero attached hydrogens (tertiary/aromatic N) is 4. The number of likely N-dealkylation sites (tertiary alicyclic amines) is 1. The summed E-state index contributed by atoms with van der Waals surface area (Å²) in [6, 6.07) is 17.1. The molecule has 1 aliphatic rings. The van der Waals surface area contributed by atoms with Crippen molar-refractivity contribution in [2.24, 2.45) is 5.92 Å². The van der Waals surface area contributed by atoms with Crippen LogP contribution in [-0.2, 0) is 6.54 Å². The van der Waals surface area contributed by atoms with Gasteiger partial charge in [-0.2, -0.15) is 5.26 Å². The van der Waals surface area contributed by atoms with Crippen molar-refractivity contribution < 1.29 is 0 Å². The zero-order valence-corrected chi connectivity index (χ0v) is 16.6. The Morgan fingerprint density at radius 2 is 1.86 bits per heavy atom. The summed E-state index contributed by atoms with van der Waals surface area (Å²) in [6.45, 7) is 2.81. The van der Waals surface area contributed by atoms with Gasteiger partial charge in [0, 0.05) is 35.6 Å². The number of pyridine rings is 2. The standard InChI is InChI=1S/C24H24N4O/c1-27-12-9-18(10-13-27)16-28-17-20(23-8-4-5-11-26-23)14-22(24(28)29)21-7-3-2-6-19(21)15-25/h2-8,11,14,17-18H,9-10,12-13,16H2,1H3. The van der Waals surface area contributed by atoms with Crippen LogP contribution in [0.25, 0.3) is 22.4 Å². The van der Waals surface area contributed by atoms with Gasteiger partial charge in [-0.05, 0) is 63.2 Å². The first-order valence-corrected chi connectivity index (χ1v) is 9.99. The lowest BCUT2D eigenvalue weighted by molar-refractivity contribution is 0.204. The van der Waals surface area contributed by atoms with Gasteiger partial charge in [-0.1, -0.05) is 24.3 Å². The number of rotatable bonds is 4. The van der Waals surface area contributed by atoms with E-state index in [4.69, 9.17) is 0 Å². The fourth-order valence-corrected chi connectivity index (χ4v) is 3.98. The predicted molar refractivity (Wildman–Crippen MR) is 114 cm³/mol. The lowest BCUT2D eigenvalue weighted by Gasteiger charge is -2.29. The second kappa shape index (κ2) is 8.42. The molecule has 0 unspecified atom stereocenters. The summed E-state index contributed by atoms with van der Waals surface area (Å²) in [6.07, 6.45) is 5.84. The minimum absolute atomic E-state index is 0.0497. The van der Waals surface area contributed by atoms with E-state index < -0.39 is 0 Å². The van der Waals surface area contributed by atoms with Crippen LogP contribution in [0.5, 0.6) is 0 Å². The Morgan fingerprint density at radius 1 is 1.10 bits per heavy atom. The van der Waals surface area contributed by atoms with Crippen molar-refractivity contribution in [1.82, 2.24) is 14.5 Å². The lowest BCUT2D eigenvalue weighted by Crippen LogP contribution is -2.34. The molecule has 1 aromatic carbocycles. The van der Waals surface area contributed by atoms with Gasteiger partial charge < -0.3 is 9.47 Å². The van der Waals surface area contributed by atoms with Gasteiger partial charge in [0.1, 0.15) is 0 Å². The quantitative estimate of drug-likeness (QED) is 0.687. The maximum absolute atomic E-state index is 13.4.